The minimum atomic E-state index is 0.583. The highest BCUT2D eigenvalue weighted by atomic mass is 16.5. The van der Waals surface area contributed by atoms with Gasteiger partial charge in [-0.15, -0.1) is 0 Å². The Kier molecular flexibility index (Phi) is 7.32. The van der Waals surface area contributed by atoms with Crippen molar-refractivity contribution < 1.29 is 4.74 Å². The number of hydrogen-bond acceptors (Lipinski definition) is 3. The molecule has 136 valence electrons. The van der Waals surface area contributed by atoms with Gasteiger partial charge < -0.3 is 15.4 Å². The number of ether oxygens (including phenoxy) is 1. The first-order chi connectivity index (χ1) is 12.1. The number of methoxy groups -OCH3 is 1. The largest absolute Gasteiger partial charge is 0.496 e. The van der Waals surface area contributed by atoms with E-state index in [9.17, 15) is 0 Å². The zero-order valence-corrected chi connectivity index (χ0v) is 15.6. The number of rotatable bonds is 8. The minimum Gasteiger partial charge on any atom is -0.496 e. The molecule has 0 saturated carbocycles. The lowest BCUT2D eigenvalue weighted by atomic mass is 10.1. The molecule has 0 aliphatic rings. The molecule has 0 fully saturated rings. The Morgan fingerprint density at radius 1 is 1.24 bits per heavy atom. The van der Waals surface area contributed by atoms with Gasteiger partial charge in [0.15, 0.2) is 5.96 Å². The summed E-state index contributed by atoms with van der Waals surface area (Å²) in [5, 5.41) is 13.7. The molecule has 0 aliphatic carbocycles. The molecule has 1 aromatic carbocycles. The van der Waals surface area contributed by atoms with Gasteiger partial charge >= 0.3 is 0 Å². The van der Waals surface area contributed by atoms with Crippen molar-refractivity contribution in [1.82, 2.24) is 20.8 Å². The van der Waals surface area contributed by atoms with Crippen LogP contribution >= 0.6 is 0 Å². The number of aromatic nitrogens is 2. The van der Waals surface area contributed by atoms with Gasteiger partial charge in [0.1, 0.15) is 5.75 Å². The first-order valence-electron chi connectivity index (χ1n) is 8.78. The smallest absolute Gasteiger partial charge is 0.191 e. The fraction of sp³-hybridized carbons (Fsp3) is 0.474. The first-order valence-corrected chi connectivity index (χ1v) is 8.78. The molecule has 0 unspecified atom stereocenters. The van der Waals surface area contributed by atoms with E-state index in [-0.39, 0.29) is 0 Å². The minimum absolute atomic E-state index is 0.583. The zero-order valence-electron chi connectivity index (χ0n) is 15.6. The summed E-state index contributed by atoms with van der Waals surface area (Å²) in [5.74, 6) is 1.71. The molecule has 3 N–H and O–H groups in total. The van der Waals surface area contributed by atoms with Crippen LogP contribution in [0.1, 0.15) is 35.7 Å². The maximum absolute atomic E-state index is 5.45. The standard InChI is InChI=1S/C19H29N5O/c1-5-20-19(21-10-6-7-16-13-23-24-15(16)3)22-12-17-9-8-14(2)11-18(17)25-4/h8-9,11,13H,5-7,10,12H2,1-4H3,(H,23,24)(H2,20,21,22). The topological polar surface area (TPSA) is 74.3 Å². The summed E-state index contributed by atoms with van der Waals surface area (Å²) in [6.45, 7) is 8.45. The molecule has 6 heteroatoms. The van der Waals surface area contributed by atoms with Gasteiger partial charge in [-0.05, 0) is 50.8 Å². The highest BCUT2D eigenvalue weighted by molar-refractivity contribution is 5.79. The third kappa shape index (κ3) is 5.81. The number of hydrogen-bond donors (Lipinski definition) is 3. The van der Waals surface area contributed by atoms with Crippen molar-refractivity contribution in [1.29, 1.82) is 0 Å². The van der Waals surface area contributed by atoms with Crippen LogP contribution in [0, 0.1) is 13.8 Å². The molecule has 1 heterocycles. The number of aliphatic imine (C=N–C) groups is 1. The lowest BCUT2D eigenvalue weighted by molar-refractivity contribution is 0.409. The van der Waals surface area contributed by atoms with Gasteiger partial charge in [0, 0.05) is 24.3 Å². The van der Waals surface area contributed by atoms with Gasteiger partial charge in [0.2, 0.25) is 0 Å². The van der Waals surface area contributed by atoms with E-state index < -0.39 is 0 Å². The molecule has 25 heavy (non-hydrogen) atoms. The first kappa shape index (κ1) is 18.8. The molecule has 0 bridgehead atoms. The summed E-state index contributed by atoms with van der Waals surface area (Å²) in [7, 11) is 1.70. The maximum atomic E-state index is 5.45. The Hall–Kier alpha value is -2.50. The molecular weight excluding hydrogens is 314 g/mol. The van der Waals surface area contributed by atoms with Crippen molar-refractivity contribution in [3.63, 3.8) is 0 Å². The van der Waals surface area contributed by atoms with E-state index in [1.54, 1.807) is 7.11 Å². The van der Waals surface area contributed by atoms with E-state index in [1.807, 2.05) is 12.3 Å². The van der Waals surface area contributed by atoms with Gasteiger partial charge in [-0.3, -0.25) is 5.10 Å². The second-order valence-corrected chi connectivity index (χ2v) is 6.06. The molecule has 0 amide bonds. The van der Waals surface area contributed by atoms with E-state index in [4.69, 9.17) is 4.74 Å². The van der Waals surface area contributed by atoms with E-state index in [0.717, 1.165) is 48.9 Å². The second kappa shape index (κ2) is 9.71. The van der Waals surface area contributed by atoms with Crippen LogP contribution in [0.5, 0.6) is 5.75 Å². The van der Waals surface area contributed by atoms with Crippen molar-refractivity contribution in [2.24, 2.45) is 4.99 Å². The normalized spacial score (nSPS) is 11.4. The van der Waals surface area contributed by atoms with Crippen molar-refractivity contribution in [3.05, 3.63) is 46.8 Å². The van der Waals surface area contributed by atoms with Crippen molar-refractivity contribution in [3.8, 4) is 5.75 Å². The van der Waals surface area contributed by atoms with E-state index in [0.29, 0.717) is 6.54 Å². The van der Waals surface area contributed by atoms with E-state index >= 15 is 0 Å². The number of benzene rings is 1. The molecular formula is C19H29N5O. The number of aromatic amines is 1. The van der Waals surface area contributed by atoms with Crippen molar-refractivity contribution in [2.75, 3.05) is 20.2 Å². The van der Waals surface area contributed by atoms with Gasteiger partial charge in [-0.2, -0.15) is 5.10 Å². The quantitative estimate of drug-likeness (QED) is 0.391. The lowest BCUT2D eigenvalue weighted by Gasteiger charge is -2.12. The third-order valence-electron chi connectivity index (χ3n) is 4.04. The van der Waals surface area contributed by atoms with Gasteiger partial charge in [-0.25, -0.2) is 4.99 Å². The van der Waals surface area contributed by atoms with Crippen LogP contribution in [-0.2, 0) is 13.0 Å². The van der Waals surface area contributed by atoms with Crippen LogP contribution in [0.2, 0.25) is 0 Å². The highest BCUT2D eigenvalue weighted by Gasteiger charge is 2.04. The van der Waals surface area contributed by atoms with Gasteiger partial charge in [0.05, 0.1) is 19.9 Å². The maximum Gasteiger partial charge on any atom is 0.191 e. The van der Waals surface area contributed by atoms with E-state index in [1.165, 1.54) is 11.1 Å². The molecule has 0 saturated heterocycles. The zero-order chi connectivity index (χ0) is 18.1. The Morgan fingerprint density at radius 2 is 2.08 bits per heavy atom. The van der Waals surface area contributed by atoms with Crippen LogP contribution in [0.4, 0.5) is 0 Å². The molecule has 0 atom stereocenters. The summed E-state index contributed by atoms with van der Waals surface area (Å²) in [6.07, 6.45) is 3.93. The van der Waals surface area contributed by atoms with Crippen molar-refractivity contribution >= 4 is 5.96 Å². The third-order valence-corrected chi connectivity index (χ3v) is 4.04. The number of nitrogens with zero attached hydrogens (tertiary/aromatic N) is 2. The Labute approximate surface area is 150 Å². The van der Waals surface area contributed by atoms with Gasteiger partial charge in [0.25, 0.3) is 0 Å². The number of guanidine groups is 1. The lowest BCUT2D eigenvalue weighted by Crippen LogP contribution is -2.37. The van der Waals surface area contributed by atoms with Crippen LogP contribution in [0.3, 0.4) is 0 Å². The van der Waals surface area contributed by atoms with Crippen LogP contribution < -0.4 is 15.4 Å². The molecule has 6 nitrogen and oxygen atoms in total. The average molecular weight is 343 g/mol. The molecule has 0 radical (unpaired) electrons. The number of aryl methyl sites for hydroxylation is 3. The fourth-order valence-electron chi connectivity index (χ4n) is 2.60. The van der Waals surface area contributed by atoms with Crippen molar-refractivity contribution in [2.45, 2.75) is 40.2 Å². The van der Waals surface area contributed by atoms with E-state index in [2.05, 4.69) is 58.7 Å². The Balaban J connectivity index is 1.88. The predicted molar refractivity (Wildman–Crippen MR) is 102 cm³/mol. The summed E-state index contributed by atoms with van der Waals surface area (Å²) < 4.78 is 5.45. The number of nitrogens with one attached hydrogen (secondary N) is 3. The summed E-state index contributed by atoms with van der Waals surface area (Å²) in [6, 6.07) is 6.20. The summed E-state index contributed by atoms with van der Waals surface area (Å²) in [5.41, 5.74) is 4.68. The second-order valence-electron chi connectivity index (χ2n) is 6.06. The van der Waals surface area contributed by atoms with Gasteiger partial charge in [-0.1, -0.05) is 12.1 Å². The van der Waals surface area contributed by atoms with Crippen LogP contribution in [-0.4, -0.2) is 36.4 Å². The Morgan fingerprint density at radius 3 is 2.76 bits per heavy atom. The Bertz CT molecular complexity index is 693. The molecule has 1 aromatic heterocycles. The average Bonchev–Trinajstić information content (AvgIpc) is 3.02. The molecule has 2 rings (SSSR count). The van der Waals surface area contributed by atoms with Crippen LogP contribution in [0.15, 0.2) is 29.4 Å². The highest BCUT2D eigenvalue weighted by Crippen LogP contribution is 2.20. The summed E-state index contributed by atoms with van der Waals surface area (Å²) in [4.78, 5) is 4.67. The monoisotopic (exact) mass is 343 g/mol. The van der Waals surface area contributed by atoms with Crippen LogP contribution in [0.25, 0.3) is 0 Å². The predicted octanol–water partition coefficient (Wildman–Crippen LogP) is 2.72. The SMILES string of the molecule is CCNC(=NCc1ccc(C)cc1OC)NCCCc1cn[nH]c1C. The number of H-pyrrole nitrogens is 1. The molecule has 0 spiro atoms. The summed E-state index contributed by atoms with van der Waals surface area (Å²) >= 11 is 0. The molecule has 0 aliphatic heterocycles. The molecule has 2 aromatic rings. The fourth-order valence-corrected chi connectivity index (χ4v) is 2.60.